The lowest BCUT2D eigenvalue weighted by Crippen LogP contribution is -2.12. The Morgan fingerprint density at radius 3 is 2.27 bits per heavy atom. The summed E-state index contributed by atoms with van der Waals surface area (Å²) in [5, 5.41) is 18.4. The highest BCUT2D eigenvalue weighted by molar-refractivity contribution is 7.99. The molecule has 0 atom stereocenters. The van der Waals surface area contributed by atoms with E-state index in [0.29, 0.717) is 34.1 Å². The molecule has 2 amide bonds. The molecule has 0 spiro atoms. The monoisotopic (exact) mass is 564 g/mol. The summed E-state index contributed by atoms with van der Waals surface area (Å²) in [6.07, 6.45) is 0.347. The van der Waals surface area contributed by atoms with Gasteiger partial charge in [-0.1, -0.05) is 43.3 Å². The van der Waals surface area contributed by atoms with Crippen molar-refractivity contribution < 1.29 is 14.7 Å². The van der Waals surface area contributed by atoms with E-state index in [-0.39, 0.29) is 11.8 Å². The first kappa shape index (κ1) is 27.6. The van der Waals surface area contributed by atoms with Crippen LogP contribution in [-0.2, 0) is 0 Å². The highest BCUT2D eigenvalue weighted by Gasteiger charge is 2.15. The summed E-state index contributed by atoms with van der Waals surface area (Å²) in [6, 6.07) is 24.0. The first-order chi connectivity index (χ1) is 19.7. The van der Waals surface area contributed by atoms with E-state index in [1.807, 2.05) is 61.5 Å². The van der Waals surface area contributed by atoms with Crippen LogP contribution in [0.2, 0.25) is 0 Å². The normalized spacial score (nSPS) is 10.9. The van der Waals surface area contributed by atoms with Gasteiger partial charge in [0, 0.05) is 32.4 Å². The Morgan fingerprint density at radius 2 is 1.56 bits per heavy atom. The molecule has 2 heterocycles. The molecule has 4 N–H and O–H groups in total. The molecule has 10 heteroatoms. The lowest BCUT2D eigenvalue weighted by Gasteiger charge is -2.15. The maximum absolute atomic E-state index is 13.2. The van der Waals surface area contributed by atoms with Crippen LogP contribution < -0.4 is 16.0 Å². The van der Waals surface area contributed by atoms with Crippen molar-refractivity contribution >= 4 is 57.7 Å². The van der Waals surface area contributed by atoms with Gasteiger partial charge in [0.1, 0.15) is 12.1 Å². The zero-order valence-electron chi connectivity index (χ0n) is 22.7. The average molecular weight is 565 g/mol. The van der Waals surface area contributed by atoms with E-state index in [1.54, 1.807) is 24.3 Å². The van der Waals surface area contributed by atoms with E-state index in [9.17, 15) is 9.59 Å². The van der Waals surface area contributed by atoms with Crippen molar-refractivity contribution in [3.63, 3.8) is 0 Å². The minimum atomic E-state index is -1.12. The van der Waals surface area contributed by atoms with Crippen molar-refractivity contribution in [3.05, 3.63) is 102 Å². The van der Waals surface area contributed by atoms with E-state index in [0.717, 1.165) is 26.4 Å². The van der Waals surface area contributed by atoms with E-state index >= 15 is 0 Å². The van der Waals surface area contributed by atoms with Crippen LogP contribution in [0.25, 0.3) is 11.0 Å². The van der Waals surface area contributed by atoms with Crippen molar-refractivity contribution in [1.29, 1.82) is 0 Å². The zero-order valence-corrected chi connectivity index (χ0v) is 23.5. The second-order valence-electron chi connectivity index (χ2n) is 9.70. The Kier molecular flexibility index (Phi) is 8.11. The number of hydrogen-bond donors (Lipinski definition) is 4. The third-order valence-electron chi connectivity index (χ3n) is 6.25. The molecule has 0 fully saturated rings. The predicted octanol–water partition coefficient (Wildman–Crippen LogP) is 7.69. The van der Waals surface area contributed by atoms with E-state index < -0.39 is 6.09 Å². The molecule has 9 nitrogen and oxygen atoms in total. The number of benzene rings is 3. The highest BCUT2D eigenvalue weighted by Crippen LogP contribution is 2.37. The number of nitrogens with zero attached hydrogens (tertiary/aromatic N) is 3. The van der Waals surface area contributed by atoms with Gasteiger partial charge < -0.3 is 15.7 Å². The fourth-order valence-corrected chi connectivity index (χ4v) is 4.94. The van der Waals surface area contributed by atoms with E-state index in [1.165, 1.54) is 18.1 Å². The van der Waals surface area contributed by atoms with Crippen LogP contribution in [0.4, 0.5) is 27.7 Å². The van der Waals surface area contributed by atoms with Crippen LogP contribution in [0.5, 0.6) is 0 Å². The van der Waals surface area contributed by atoms with Gasteiger partial charge in [-0.25, -0.2) is 19.7 Å². The van der Waals surface area contributed by atoms with E-state index in [4.69, 9.17) is 5.11 Å². The summed E-state index contributed by atoms with van der Waals surface area (Å²) in [5.74, 6) is 0.583. The maximum atomic E-state index is 13.2. The second kappa shape index (κ2) is 12.1. The summed E-state index contributed by atoms with van der Waals surface area (Å²) in [4.78, 5) is 39.4. The SMILES string of the molecule is Cc1ccc(NC(=O)c2ccc(Sc3ccc(NC(=O)O)cc3)c(Nc3ncnc4nc(C(C)C)ccc34)c2)cc1. The lowest BCUT2D eigenvalue weighted by molar-refractivity contribution is 0.102. The third kappa shape index (κ3) is 6.79. The van der Waals surface area contributed by atoms with Crippen molar-refractivity contribution in [1.82, 2.24) is 15.0 Å². The number of aromatic nitrogens is 3. The molecule has 0 saturated carbocycles. The van der Waals surface area contributed by atoms with Gasteiger partial charge in [-0.15, -0.1) is 0 Å². The van der Waals surface area contributed by atoms with Gasteiger partial charge in [-0.05, 0) is 79.6 Å². The maximum Gasteiger partial charge on any atom is 0.409 e. The number of aryl methyl sites for hydroxylation is 1. The molecule has 0 radical (unpaired) electrons. The van der Waals surface area contributed by atoms with Crippen molar-refractivity contribution in [3.8, 4) is 0 Å². The van der Waals surface area contributed by atoms with Gasteiger partial charge in [0.2, 0.25) is 0 Å². The number of amides is 2. The predicted molar refractivity (Wildman–Crippen MR) is 162 cm³/mol. The minimum Gasteiger partial charge on any atom is -0.465 e. The topological polar surface area (TPSA) is 129 Å². The van der Waals surface area contributed by atoms with Crippen molar-refractivity contribution in [2.24, 2.45) is 0 Å². The number of anilines is 4. The Labute approximate surface area is 241 Å². The molecule has 0 unspecified atom stereocenters. The quantitative estimate of drug-likeness (QED) is 0.151. The minimum absolute atomic E-state index is 0.242. The number of carbonyl (C=O) groups is 2. The fraction of sp³-hybridized carbons (Fsp3) is 0.129. The van der Waals surface area contributed by atoms with Gasteiger partial charge in [0.05, 0.1) is 11.1 Å². The standard InChI is InChI=1S/C31H28N6O3S/c1-18(2)25-14-13-24-28(36-25)32-17-33-29(24)37-26-16-20(30(38)34-21-7-4-19(3)5-8-21)6-15-27(26)41-23-11-9-22(10-12-23)35-31(39)40/h4-18,35H,1-3H3,(H,34,38)(H,39,40)(H,32,33,36,37). The molecule has 0 saturated heterocycles. The number of carbonyl (C=O) groups excluding carboxylic acids is 1. The smallest absolute Gasteiger partial charge is 0.409 e. The number of carboxylic acid groups (broad SMARTS) is 1. The van der Waals surface area contributed by atoms with Crippen molar-refractivity contribution in [2.45, 2.75) is 36.5 Å². The Bertz CT molecular complexity index is 1720. The number of hydrogen-bond acceptors (Lipinski definition) is 7. The first-order valence-electron chi connectivity index (χ1n) is 12.9. The summed E-state index contributed by atoms with van der Waals surface area (Å²) in [6.45, 7) is 6.15. The van der Waals surface area contributed by atoms with Gasteiger partial charge in [0.15, 0.2) is 5.65 Å². The molecule has 0 aliphatic heterocycles. The molecular weight excluding hydrogens is 536 g/mol. The first-order valence-corrected chi connectivity index (χ1v) is 13.8. The molecule has 0 aliphatic rings. The van der Waals surface area contributed by atoms with Crippen LogP contribution in [0, 0.1) is 6.92 Å². The summed E-state index contributed by atoms with van der Waals surface area (Å²) >= 11 is 1.47. The average Bonchev–Trinajstić information content (AvgIpc) is 2.95. The molecular formula is C31H28N6O3S. The van der Waals surface area contributed by atoms with Gasteiger partial charge in [-0.2, -0.15) is 0 Å². The molecule has 0 bridgehead atoms. The number of rotatable bonds is 8. The Balaban J connectivity index is 1.49. The second-order valence-corrected chi connectivity index (χ2v) is 10.8. The summed E-state index contributed by atoms with van der Waals surface area (Å²) in [7, 11) is 0. The van der Waals surface area contributed by atoms with Crippen LogP contribution >= 0.6 is 11.8 Å². The van der Waals surface area contributed by atoms with Crippen LogP contribution in [-0.4, -0.2) is 32.1 Å². The zero-order chi connectivity index (χ0) is 28.9. The van der Waals surface area contributed by atoms with Crippen LogP contribution in [0.1, 0.15) is 41.4 Å². The Morgan fingerprint density at radius 1 is 0.854 bits per heavy atom. The molecule has 5 aromatic rings. The molecule has 2 aromatic heterocycles. The number of fused-ring (bicyclic) bond motifs is 1. The third-order valence-corrected chi connectivity index (χ3v) is 7.33. The van der Waals surface area contributed by atoms with E-state index in [2.05, 4.69) is 44.7 Å². The van der Waals surface area contributed by atoms with Gasteiger partial charge in [-0.3, -0.25) is 10.1 Å². The molecule has 3 aromatic carbocycles. The number of nitrogens with one attached hydrogen (secondary N) is 3. The van der Waals surface area contributed by atoms with Crippen molar-refractivity contribution in [2.75, 3.05) is 16.0 Å². The highest BCUT2D eigenvalue weighted by atomic mass is 32.2. The summed E-state index contributed by atoms with van der Waals surface area (Å²) in [5.41, 5.74) is 4.95. The molecule has 206 valence electrons. The molecule has 0 aliphatic carbocycles. The Hall–Kier alpha value is -4.96. The van der Waals surface area contributed by atoms with Gasteiger partial charge in [0.25, 0.3) is 5.91 Å². The molecule has 5 rings (SSSR count). The fourth-order valence-electron chi connectivity index (χ4n) is 4.06. The summed E-state index contributed by atoms with van der Waals surface area (Å²) < 4.78 is 0. The lowest BCUT2D eigenvalue weighted by atomic mass is 10.1. The van der Waals surface area contributed by atoms with Crippen LogP contribution in [0.15, 0.2) is 95.0 Å². The largest absolute Gasteiger partial charge is 0.465 e. The van der Waals surface area contributed by atoms with Crippen LogP contribution in [0.3, 0.4) is 0 Å². The van der Waals surface area contributed by atoms with Gasteiger partial charge >= 0.3 is 6.09 Å². The molecule has 41 heavy (non-hydrogen) atoms. The number of pyridine rings is 1.